The topological polar surface area (TPSA) is 169 Å². The van der Waals surface area contributed by atoms with Gasteiger partial charge in [-0.15, -0.1) is 0 Å². The van der Waals surface area contributed by atoms with E-state index in [1.54, 1.807) is 40.8 Å². The number of aromatic carboxylic acids is 1. The lowest BCUT2D eigenvalue weighted by molar-refractivity contribution is -0.140. The fourth-order valence-electron chi connectivity index (χ4n) is 9.97. The minimum Gasteiger partial charge on any atom is -0.493 e. The SMILES string of the molecule is Cc1nn(C)c(C)c1-c1c(Cl)ccc2c(CCCOc3cccc4cc(F)ccc34)c(C(=O)O)n(CCN3CCN(C(=O)C(C)Oc4cccc5c4CN([C@@H]4CCC(=O)NC4=O)C5=O)CC3)c12. The second kappa shape index (κ2) is 18.5. The van der Waals surface area contributed by atoms with Crippen molar-refractivity contribution in [2.45, 2.75) is 71.7 Å². The first-order chi connectivity index (χ1) is 32.2. The van der Waals surface area contributed by atoms with Crippen molar-refractivity contribution in [3.8, 4) is 22.6 Å². The Bertz CT molecular complexity index is 2990. The molecule has 348 valence electrons. The minimum atomic E-state index is -1.06. The van der Waals surface area contributed by atoms with Gasteiger partial charge in [0, 0.05) is 91.5 Å². The Morgan fingerprint density at radius 3 is 2.43 bits per heavy atom. The Hall–Kier alpha value is -6.78. The van der Waals surface area contributed by atoms with Gasteiger partial charge < -0.3 is 28.9 Å². The molecule has 6 aromatic rings. The molecule has 0 bridgehead atoms. The van der Waals surface area contributed by atoms with Crippen LogP contribution in [0.2, 0.25) is 5.02 Å². The zero-order valence-corrected chi connectivity index (χ0v) is 38.5. The molecule has 0 radical (unpaired) electrons. The van der Waals surface area contributed by atoms with E-state index in [-0.39, 0.29) is 48.6 Å². The number of aryl methyl sites for hydroxylation is 3. The van der Waals surface area contributed by atoms with E-state index < -0.39 is 24.0 Å². The van der Waals surface area contributed by atoms with Crippen molar-refractivity contribution >= 4 is 62.9 Å². The van der Waals surface area contributed by atoms with E-state index in [1.165, 1.54) is 17.0 Å². The normalized spacial score (nSPS) is 17.0. The Morgan fingerprint density at radius 2 is 1.70 bits per heavy atom. The third-order valence-electron chi connectivity index (χ3n) is 13.4. The monoisotopic (exact) mass is 931 g/mol. The van der Waals surface area contributed by atoms with Crippen LogP contribution < -0.4 is 14.8 Å². The highest BCUT2D eigenvalue weighted by molar-refractivity contribution is 6.35. The molecule has 67 heavy (non-hydrogen) atoms. The maximum absolute atomic E-state index is 14.0. The van der Waals surface area contributed by atoms with E-state index in [1.807, 2.05) is 55.8 Å². The molecule has 0 aliphatic carbocycles. The lowest BCUT2D eigenvalue weighted by Crippen LogP contribution is -2.52. The van der Waals surface area contributed by atoms with Crippen molar-refractivity contribution in [3.63, 3.8) is 0 Å². The molecule has 15 nitrogen and oxygen atoms in total. The van der Waals surface area contributed by atoms with Crippen LogP contribution in [0.5, 0.6) is 11.5 Å². The number of imide groups is 1. The summed E-state index contributed by atoms with van der Waals surface area (Å²) in [5.74, 6) is -1.79. The summed E-state index contributed by atoms with van der Waals surface area (Å²) in [5, 5.41) is 20.7. The van der Waals surface area contributed by atoms with E-state index in [9.17, 15) is 33.5 Å². The summed E-state index contributed by atoms with van der Waals surface area (Å²) in [7, 11) is 1.87. The number of amides is 4. The second-order valence-corrected chi connectivity index (χ2v) is 17.9. The third-order valence-corrected chi connectivity index (χ3v) is 13.7. The van der Waals surface area contributed by atoms with Gasteiger partial charge in [-0.1, -0.05) is 35.9 Å². The second-order valence-electron chi connectivity index (χ2n) is 17.5. The van der Waals surface area contributed by atoms with Crippen LogP contribution in [-0.2, 0) is 40.9 Å². The van der Waals surface area contributed by atoms with Crippen molar-refractivity contribution in [2.75, 3.05) is 39.3 Å². The van der Waals surface area contributed by atoms with Crippen LogP contribution in [0.15, 0.2) is 66.7 Å². The fourth-order valence-corrected chi connectivity index (χ4v) is 10.2. The van der Waals surface area contributed by atoms with E-state index >= 15 is 0 Å². The van der Waals surface area contributed by atoms with Crippen LogP contribution in [0.4, 0.5) is 4.39 Å². The number of halogens is 2. The third kappa shape index (κ3) is 8.59. The summed E-state index contributed by atoms with van der Waals surface area (Å²) in [6.45, 7) is 8.71. The molecule has 5 heterocycles. The van der Waals surface area contributed by atoms with E-state index in [0.717, 1.165) is 38.7 Å². The maximum atomic E-state index is 14.0. The molecule has 3 aliphatic heterocycles. The van der Waals surface area contributed by atoms with Crippen LogP contribution in [0.25, 0.3) is 32.8 Å². The summed E-state index contributed by atoms with van der Waals surface area (Å²) in [5.41, 5.74) is 5.77. The number of carboxylic acid groups (broad SMARTS) is 1. The Kier molecular flexibility index (Phi) is 12.5. The minimum absolute atomic E-state index is 0.123. The fraction of sp³-hybridized carbons (Fsp3) is 0.360. The highest BCUT2D eigenvalue weighted by atomic mass is 35.5. The zero-order chi connectivity index (χ0) is 47.3. The zero-order valence-electron chi connectivity index (χ0n) is 37.7. The molecular formula is C50H51ClFN7O8. The molecule has 2 N–H and O–H groups in total. The molecule has 2 saturated heterocycles. The van der Waals surface area contributed by atoms with Crippen LogP contribution >= 0.6 is 11.6 Å². The van der Waals surface area contributed by atoms with Crippen molar-refractivity contribution in [3.05, 3.63) is 111 Å². The molecule has 3 aliphatic rings. The number of aromatic nitrogens is 3. The first-order valence-electron chi connectivity index (χ1n) is 22.5. The first-order valence-corrected chi connectivity index (χ1v) is 22.9. The number of rotatable bonds is 14. The number of carbonyl (C=O) groups excluding carboxylic acids is 4. The van der Waals surface area contributed by atoms with Gasteiger partial charge in [-0.2, -0.15) is 5.10 Å². The molecule has 0 saturated carbocycles. The smallest absolute Gasteiger partial charge is 0.352 e. The first kappa shape index (κ1) is 45.4. The Morgan fingerprint density at radius 1 is 0.955 bits per heavy atom. The van der Waals surface area contributed by atoms with Gasteiger partial charge in [0.05, 0.1) is 29.4 Å². The van der Waals surface area contributed by atoms with E-state index in [2.05, 4.69) is 15.3 Å². The Labute approximate surface area is 390 Å². The lowest BCUT2D eigenvalue weighted by atomic mass is 9.98. The number of piperidine rings is 1. The van der Waals surface area contributed by atoms with E-state index in [0.29, 0.717) is 97.4 Å². The highest BCUT2D eigenvalue weighted by Gasteiger charge is 2.41. The number of carboxylic acids is 1. The number of fused-ring (bicyclic) bond motifs is 3. The van der Waals surface area contributed by atoms with Gasteiger partial charge in [0.15, 0.2) is 6.10 Å². The van der Waals surface area contributed by atoms with Crippen LogP contribution in [0, 0.1) is 19.7 Å². The predicted octanol–water partition coefficient (Wildman–Crippen LogP) is 6.69. The predicted molar refractivity (Wildman–Crippen MR) is 249 cm³/mol. The van der Waals surface area contributed by atoms with Crippen molar-refractivity contribution < 1.29 is 42.9 Å². The molecular weight excluding hydrogens is 881 g/mol. The molecule has 2 aromatic heterocycles. The molecule has 1 unspecified atom stereocenters. The lowest BCUT2D eigenvalue weighted by Gasteiger charge is -2.36. The van der Waals surface area contributed by atoms with Gasteiger partial charge in [-0.05, 0) is 93.4 Å². The summed E-state index contributed by atoms with van der Waals surface area (Å²) < 4.78 is 30.1. The number of benzene rings is 4. The number of nitrogens with zero attached hydrogens (tertiary/aromatic N) is 6. The molecule has 0 spiro atoms. The van der Waals surface area contributed by atoms with Gasteiger partial charge in [0.2, 0.25) is 11.8 Å². The average molecular weight is 932 g/mol. The highest BCUT2D eigenvalue weighted by Crippen LogP contribution is 2.42. The largest absolute Gasteiger partial charge is 0.493 e. The molecule has 9 rings (SSSR count). The number of nitrogens with one attached hydrogen (secondary N) is 1. The number of hydrogen-bond acceptors (Lipinski definition) is 9. The van der Waals surface area contributed by atoms with Gasteiger partial charge in [0.25, 0.3) is 11.8 Å². The van der Waals surface area contributed by atoms with Crippen LogP contribution in [0.1, 0.15) is 69.5 Å². The van der Waals surface area contributed by atoms with Gasteiger partial charge in [-0.3, -0.25) is 34.1 Å². The summed E-state index contributed by atoms with van der Waals surface area (Å²) >= 11 is 7.07. The summed E-state index contributed by atoms with van der Waals surface area (Å²) in [4.78, 5) is 70.4. The molecule has 2 atom stereocenters. The summed E-state index contributed by atoms with van der Waals surface area (Å²) in [6, 6.07) is 18.1. The quantitative estimate of drug-likeness (QED) is 0.0888. The van der Waals surface area contributed by atoms with Crippen molar-refractivity contribution in [1.82, 2.24) is 34.4 Å². The number of ether oxygens (including phenoxy) is 2. The maximum Gasteiger partial charge on any atom is 0.352 e. The summed E-state index contributed by atoms with van der Waals surface area (Å²) in [6.07, 6.45) is 0.415. The van der Waals surface area contributed by atoms with Crippen LogP contribution in [0.3, 0.4) is 0 Å². The molecule has 17 heteroatoms. The number of carbonyl (C=O) groups is 5. The van der Waals surface area contributed by atoms with Crippen LogP contribution in [-0.4, -0.2) is 115 Å². The average Bonchev–Trinajstić information content (AvgIpc) is 3.90. The number of hydrogen-bond donors (Lipinski definition) is 2. The molecule has 2 fully saturated rings. The Balaban J connectivity index is 0.906. The van der Waals surface area contributed by atoms with Gasteiger partial charge in [-0.25, -0.2) is 9.18 Å². The van der Waals surface area contributed by atoms with Gasteiger partial charge in [0.1, 0.15) is 29.1 Å². The van der Waals surface area contributed by atoms with E-state index in [4.69, 9.17) is 21.1 Å². The van der Waals surface area contributed by atoms with Crippen molar-refractivity contribution in [1.29, 1.82) is 0 Å². The standard InChI is InChI=1S/C50H51ClFN7O8/c1-28-43(29(2)55(4)54-28)44-38(51)16-15-35-34(10-7-25-66-40-11-5-8-31-26-32(52)13-14-33(31)40)46(50(64)65)58(45(35)44)24-21-56-19-22-57(23-20-56)48(62)30(3)67-41-12-6-9-36-37(41)27-59(49(36)63)39-17-18-42(60)53-47(39)61/h5-6,8-9,11-16,26,30,39H,7,10,17-25,27H2,1-4H3,(H,64,65)(H,53,60,61)/t30?,39-/m1/s1. The molecule has 4 aromatic carbocycles. The van der Waals surface area contributed by atoms with Crippen molar-refractivity contribution in [2.24, 2.45) is 7.05 Å². The molecule has 4 amide bonds. The van der Waals surface area contributed by atoms with Gasteiger partial charge >= 0.3 is 5.97 Å². The number of piperazine rings is 1.